The number of carbonyl (C=O) groups excluding carboxylic acids is 1. The molecule has 7 heteroatoms. The van der Waals surface area contributed by atoms with Gasteiger partial charge in [-0.25, -0.2) is 9.97 Å². The number of likely N-dealkylation sites (tertiary alicyclic amines) is 1. The van der Waals surface area contributed by atoms with Crippen LogP contribution in [0.2, 0.25) is 0 Å². The van der Waals surface area contributed by atoms with Gasteiger partial charge in [0.05, 0.1) is 36.5 Å². The number of nitrogens with zero attached hydrogens (tertiary/aromatic N) is 4. The largest absolute Gasteiger partial charge is 0.376 e. The Labute approximate surface area is 172 Å². The van der Waals surface area contributed by atoms with Gasteiger partial charge >= 0.3 is 0 Å². The molecule has 0 N–H and O–H groups in total. The van der Waals surface area contributed by atoms with Gasteiger partial charge in [-0.15, -0.1) is 0 Å². The van der Waals surface area contributed by atoms with Crippen LogP contribution in [0.15, 0.2) is 18.3 Å². The summed E-state index contributed by atoms with van der Waals surface area (Å²) in [4.78, 5) is 26.9. The second-order valence-corrected chi connectivity index (χ2v) is 9.13. The van der Waals surface area contributed by atoms with E-state index in [0.29, 0.717) is 19.8 Å². The average molecular weight is 399 g/mol. The standard InChI is InChI=1S/C22H30N4O3/c1-15-10-26(11-16(2)29-15)21-23-9-18-12-28-14-22(19(18)24-21)7-8-25(13-22)20(27)17-5-3-4-6-17/h3-4,9,15-17H,5-8,10-14H2,1-2H3/t15-,16-,22-/m1/s1. The van der Waals surface area contributed by atoms with E-state index in [4.69, 9.17) is 14.5 Å². The molecule has 29 heavy (non-hydrogen) atoms. The molecule has 7 nitrogen and oxygen atoms in total. The zero-order chi connectivity index (χ0) is 20.0. The van der Waals surface area contributed by atoms with Gasteiger partial charge in [0.25, 0.3) is 0 Å². The molecular weight excluding hydrogens is 368 g/mol. The second-order valence-electron chi connectivity index (χ2n) is 9.13. The van der Waals surface area contributed by atoms with Crippen molar-refractivity contribution in [2.75, 3.05) is 37.7 Å². The van der Waals surface area contributed by atoms with Crippen LogP contribution in [0.1, 0.15) is 44.4 Å². The van der Waals surface area contributed by atoms with E-state index >= 15 is 0 Å². The summed E-state index contributed by atoms with van der Waals surface area (Å²) >= 11 is 0. The summed E-state index contributed by atoms with van der Waals surface area (Å²) in [6.45, 7) is 8.43. The summed E-state index contributed by atoms with van der Waals surface area (Å²) in [5.74, 6) is 1.17. The van der Waals surface area contributed by atoms with Crippen LogP contribution in [0, 0.1) is 5.92 Å². The third-order valence-electron chi connectivity index (χ3n) is 6.72. The Morgan fingerprint density at radius 2 is 1.97 bits per heavy atom. The van der Waals surface area contributed by atoms with Crippen molar-refractivity contribution in [2.24, 2.45) is 5.92 Å². The molecule has 1 aliphatic carbocycles. The topological polar surface area (TPSA) is 67.8 Å². The van der Waals surface area contributed by atoms with Crippen LogP contribution in [-0.2, 0) is 26.3 Å². The fourth-order valence-corrected chi connectivity index (χ4v) is 5.33. The Morgan fingerprint density at radius 1 is 1.21 bits per heavy atom. The number of aromatic nitrogens is 2. The van der Waals surface area contributed by atoms with Gasteiger partial charge in [-0.3, -0.25) is 4.79 Å². The van der Waals surface area contributed by atoms with E-state index in [9.17, 15) is 4.79 Å². The number of fused-ring (bicyclic) bond motifs is 2. The first-order chi connectivity index (χ1) is 14.0. The van der Waals surface area contributed by atoms with E-state index in [0.717, 1.165) is 56.1 Å². The van der Waals surface area contributed by atoms with E-state index < -0.39 is 0 Å². The van der Waals surface area contributed by atoms with Crippen LogP contribution in [0.4, 0.5) is 5.95 Å². The van der Waals surface area contributed by atoms with Crippen molar-refractivity contribution in [1.29, 1.82) is 0 Å². The first kappa shape index (κ1) is 19.0. The predicted octanol–water partition coefficient (Wildman–Crippen LogP) is 2.06. The minimum atomic E-state index is -0.212. The average Bonchev–Trinajstić information content (AvgIpc) is 3.38. The Balaban J connectivity index is 1.40. The van der Waals surface area contributed by atoms with Crippen LogP contribution in [0.3, 0.4) is 0 Å². The lowest BCUT2D eigenvalue weighted by molar-refractivity contribution is -0.134. The number of anilines is 1. The van der Waals surface area contributed by atoms with Crippen LogP contribution >= 0.6 is 0 Å². The number of ether oxygens (including phenoxy) is 2. The molecule has 4 aliphatic rings. The maximum Gasteiger partial charge on any atom is 0.226 e. The van der Waals surface area contributed by atoms with Crippen molar-refractivity contribution in [3.05, 3.63) is 29.6 Å². The van der Waals surface area contributed by atoms with Gasteiger partial charge in [0, 0.05) is 43.9 Å². The van der Waals surface area contributed by atoms with Crippen LogP contribution in [-0.4, -0.2) is 65.8 Å². The van der Waals surface area contributed by atoms with Gasteiger partial charge in [0.1, 0.15) is 0 Å². The minimum Gasteiger partial charge on any atom is -0.376 e. The van der Waals surface area contributed by atoms with E-state index in [1.54, 1.807) is 0 Å². The molecule has 4 heterocycles. The lowest BCUT2D eigenvalue weighted by atomic mass is 9.80. The molecular formula is C22H30N4O3. The van der Waals surface area contributed by atoms with Crippen molar-refractivity contribution in [2.45, 2.75) is 57.3 Å². The molecule has 0 aromatic carbocycles. The maximum absolute atomic E-state index is 13.0. The fourth-order valence-electron chi connectivity index (χ4n) is 5.33. The van der Waals surface area contributed by atoms with Gasteiger partial charge in [-0.1, -0.05) is 12.2 Å². The molecule has 0 radical (unpaired) electrons. The Bertz CT molecular complexity index is 810. The molecule has 0 unspecified atom stereocenters. The molecule has 1 spiro atoms. The quantitative estimate of drug-likeness (QED) is 0.711. The van der Waals surface area contributed by atoms with E-state index in [1.807, 2.05) is 11.1 Å². The number of morpholine rings is 1. The zero-order valence-corrected chi connectivity index (χ0v) is 17.3. The Morgan fingerprint density at radius 3 is 2.72 bits per heavy atom. The molecule has 5 rings (SSSR count). The van der Waals surface area contributed by atoms with Crippen molar-refractivity contribution in [3.8, 4) is 0 Å². The molecule has 3 aliphatic heterocycles. The summed E-state index contributed by atoms with van der Waals surface area (Å²) in [6.07, 6.45) is 9.14. The monoisotopic (exact) mass is 398 g/mol. The zero-order valence-electron chi connectivity index (χ0n) is 17.3. The maximum atomic E-state index is 13.0. The van der Waals surface area contributed by atoms with Crippen molar-refractivity contribution in [3.63, 3.8) is 0 Å². The molecule has 0 bridgehead atoms. The van der Waals surface area contributed by atoms with Gasteiger partial charge < -0.3 is 19.3 Å². The number of allylic oxidation sites excluding steroid dienone is 2. The lowest BCUT2D eigenvalue weighted by Crippen LogP contribution is -2.47. The lowest BCUT2D eigenvalue weighted by Gasteiger charge is -2.38. The number of amides is 1. The summed E-state index contributed by atoms with van der Waals surface area (Å²) in [5, 5.41) is 0. The summed E-state index contributed by atoms with van der Waals surface area (Å²) in [5.41, 5.74) is 1.93. The highest BCUT2D eigenvalue weighted by Crippen LogP contribution is 2.40. The normalized spacial score (nSPS) is 32.2. The fraction of sp³-hybridized carbons (Fsp3) is 0.682. The highest BCUT2D eigenvalue weighted by molar-refractivity contribution is 5.80. The molecule has 156 valence electrons. The minimum absolute atomic E-state index is 0.117. The van der Waals surface area contributed by atoms with Gasteiger partial charge in [-0.2, -0.15) is 0 Å². The van der Waals surface area contributed by atoms with Gasteiger partial charge in [0.2, 0.25) is 11.9 Å². The van der Waals surface area contributed by atoms with Crippen LogP contribution < -0.4 is 4.90 Å². The Hall–Kier alpha value is -1.99. The Kier molecular flexibility index (Phi) is 4.82. The van der Waals surface area contributed by atoms with Crippen molar-refractivity contribution >= 4 is 11.9 Å². The van der Waals surface area contributed by atoms with Crippen molar-refractivity contribution in [1.82, 2.24) is 14.9 Å². The molecule has 0 saturated carbocycles. The predicted molar refractivity (Wildman–Crippen MR) is 109 cm³/mol. The van der Waals surface area contributed by atoms with Crippen molar-refractivity contribution < 1.29 is 14.3 Å². The van der Waals surface area contributed by atoms with Gasteiger partial charge in [0.15, 0.2) is 0 Å². The number of hydrogen-bond donors (Lipinski definition) is 0. The SMILES string of the molecule is C[C@@H]1CN(c2ncc3c(n2)[C@@]2(CCN(C(=O)C4CC=CC4)C2)COC3)C[C@@H](C)O1. The molecule has 3 atom stereocenters. The second kappa shape index (κ2) is 7.36. The van der Waals surface area contributed by atoms with Gasteiger partial charge in [-0.05, 0) is 33.1 Å². The highest BCUT2D eigenvalue weighted by Gasteiger charge is 2.47. The van der Waals surface area contributed by atoms with E-state index in [1.165, 1.54) is 0 Å². The van der Waals surface area contributed by atoms with E-state index in [2.05, 4.69) is 35.9 Å². The van der Waals surface area contributed by atoms with Crippen LogP contribution in [0.5, 0.6) is 0 Å². The third kappa shape index (κ3) is 3.44. The van der Waals surface area contributed by atoms with E-state index in [-0.39, 0.29) is 29.4 Å². The third-order valence-corrected chi connectivity index (χ3v) is 6.72. The number of hydrogen-bond acceptors (Lipinski definition) is 6. The molecule has 2 saturated heterocycles. The molecule has 1 amide bonds. The first-order valence-corrected chi connectivity index (χ1v) is 10.8. The molecule has 2 fully saturated rings. The molecule has 1 aromatic heterocycles. The summed E-state index contributed by atoms with van der Waals surface area (Å²) < 4.78 is 11.8. The number of carbonyl (C=O) groups is 1. The highest BCUT2D eigenvalue weighted by atomic mass is 16.5. The number of rotatable bonds is 2. The smallest absolute Gasteiger partial charge is 0.226 e. The van der Waals surface area contributed by atoms with Crippen LogP contribution in [0.25, 0.3) is 0 Å². The summed E-state index contributed by atoms with van der Waals surface area (Å²) in [7, 11) is 0. The first-order valence-electron chi connectivity index (χ1n) is 10.8. The molecule has 1 aromatic rings. The summed E-state index contributed by atoms with van der Waals surface area (Å²) in [6, 6.07) is 0.